The molecule has 0 aliphatic heterocycles. The van der Waals surface area contributed by atoms with E-state index in [1.165, 1.54) is 0 Å². The average Bonchev–Trinajstić information content (AvgIpc) is 2.72. The molecule has 0 saturated carbocycles. The summed E-state index contributed by atoms with van der Waals surface area (Å²) in [6.07, 6.45) is 1.60. The molecule has 0 unspecified atom stereocenters. The first-order valence-electron chi connectivity index (χ1n) is 9.20. The molecular formula is C22H20Cl4N2O2. The van der Waals surface area contributed by atoms with Gasteiger partial charge >= 0.3 is 0 Å². The van der Waals surface area contributed by atoms with Crippen LogP contribution in [0.25, 0.3) is 0 Å². The van der Waals surface area contributed by atoms with Crippen LogP contribution in [0.4, 0.5) is 0 Å². The van der Waals surface area contributed by atoms with Gasteiger partial charge in [-0.25, -0.2) is 9.97 Å². The zero-order chi connectivity index (χ0) is 21.7. The quantitative estimate of drug-likeness (QED) is 0.255. The second-order valence-corrected chi connectivity index (χ2v) is 8.59. The van der Waals surface area contributed by atoms with Crippen LogP contribution in [0.1, 0.15) is 30.7 Å². The average molecular weight is 486 g/mol. The minimum atomic E-state index is -0.336. The van der Waals surface area contributed by atoms with E-state index in [2.05, 4.69) is 23.8 Å². The van der Waals surface area contributed by atoms with E-state index in [-0.39, 0.29) is 10.7 Å². The summed E-state index contributed by atoms with van der Waals surface area (Å²) in [5, 5.41) is 1.11. The second kappa shape index (κ2) is 10.1. The molecule has 0 amide bonds. The van der Waals surface area contributed by atoms with Gasteiger partial charge in [0.25, 0.3) is 0 Å². The predicted molar refractivity (Wildman–Crippen MR) is 123 cm³/mol. The van der Waals surface area contributed by atoms with Crippen LogP contribution in [0.5, 0.6) is 11.5 Å². The Morgan fingerprint density at radius 2 is 1.57 bits per heavy atom. The zero-order valence-corrected chi connectivity index (χ0v) is 19.5. The molecule has 0 radical (unpaired) electrons. The molecule has 1 heterocycles. The highest BCUT2D eigenvalue weighted by Crippen LogP contribution is 2.40. The molecular weight excluding hydrogens is 466 g/mol. The third kappa shape index (κ3) is 5.50. The van der Waals surface area contributed by atoms with Crippen molar-refractivity contribution in [1.82, 2.24) is 9.97 Å². The van der Waals surface area contributed by atoms with Crippen molar-refractivity contribution in [2.75, 3.05) is 12.5 Å². The smallest absolute Gasteiger partial charge is 0.222 e. The van der Waals surface area contributed by atoms with Crippen LogP contribution >= 0.6 is 46.4 Å². The molecule has 8 heteroatoms. The maximum absolute atomic E-state index is 6.41. The number of hydrogen-bond donors (Lipinski definition) is 0. The third-order valence-electron chi connectivity index (χ3n) is 4.69. The van der Waals surface area contributed by atoms with Gasteiger partial charge in [-0.05, 0) is 53.1 Å². The first kappa shape index (κ1) is 23.0. The number of aromatic nitrogens is 2. The lowest BCUT2D eigenvalue weighted by atomic mass is 9.78. The van der Waals surface area contributed by atoms with Gasteiger partial charge in [0.2, 0.25) is 5.28 Å². The Labute approximate surface area is 196 Å². The molecule has 0 spiro atoms. The molecule has 0 saturated heterocycles. The van der Waals surface area contributed by atoms with Gasteiger partial charge < -0.3 is 9.47 Å². The Balaban J connectivity index is 1.76. The van der Waals surface area contributed by atoms with Crippen molar-refractivity contribution in [2.24, 2.45) is 0 Å². The second-order valence-electron chi connectivity index (χ2n) is 7.06. The van der Waals surface area contributed by atoms with Crippen LogP contribution in [0.15, 0.2) is 48.7 Å². The molecule has 1 aromatic heterocycles. The van der Waals surface area contributed by atoms with Crippen molar-refractivity contribution in [2.45, 2.75) is 25.9 Å². The summed E-state index contributed by atoms with van der Waals surface area (Å²) in [4.78, 5) is 7.97. The molecule has 0 N–H and O–H groups in total. The van der Waals surface area contributed by atoms with Gasteiger partial charge in [0.15, 0.2) is 5.75 Å². The monoisotopic (exact) mass is 484 g/mol. The fourth-order valence-corrected chi connectivity index (χ4v) is 3.78. The van der Waals surface area contributed by atoms with Crippen molar-refractivity contribution >= 4 is 46.4 Å². The van der Waals surface area contributed by atoms with Gasteiger partial charge in [0.1, 0.15) is 19.0 Å². The largest absolute Gasteiger partial charge is 0.489 e. The number of hydrogen-bond acceptors (Lipinski definition) is 4. The molecule has 0 atom stereocenters. The van der Waals surface area contributed by atoms with Crippen molar-refractivity contribution < 1.29 is 9.47 Å². The fraction of sp³-hybridized carbons (Fsp3) is 0.273. The Kier molecular flexibility index (Phi) is 7.70. The minimum Gasteiger partial charge on any atom is -0.489 e. The van der Waals surface area contributed by atoms with Gasteiger partial charge in [-0.15, -0.1) is 11.6 Å². The molecule has 3 aromatic rings. The SMILES string of the molecule is CC(C)(c1ccc(OCc2ccnc(Cl)n2)cc1)c1cc(Cl)c(OCCCl)c(Cl)c1. The van der Waals surface area contributed by atoms with Gasteiger partial charge in [-0.1, -0.05) is 49.2 Å². The maximum atomic E-state index is 6.41. The van der Waals surface area contributed by atoms with E-state index in [9.17, 15) is 0 Å². The lowest BCUT2D eigenvalue weighted by Crippen LogP contribution is -2.19. The predicted octanol–water partition coefficient (Wildman–Crippen LogP) is 6.96. The molecule has 0 fully saturated rings. The van der Waals surface area contributed by atoms with E-state index in [4.69, 9.17) is 55.9 Å². The molecule has 0 aliphatic rings. The first-order valence-corrected chi connectivity index (χ1v) is 10.9. The number of rotatable bonds is 8. The van der Waals surface area contributed by atoms with Crippen LogP contribution in [0.3, 0.4) is 0 Å². The summed E-state index contributed by atoms with van der Waals surface area (Å²) in [5.41, 5.74) is 2.43. The van der Waals surface area contributed by atoms with Gasteiger partial charge in [0, 0.05) is 11.6 Å². The normalized spacial score (nSPS) is 11.4. The summed E-state index contributed by atoms with van der Waals surface area (Å²) in [5.74, 6) is 1.54. The van der Waals surface area contributed by atoms with Gasteiger partial charge in [-0.2, -0.15) is 0 Å². The van der Waals surface area contributed by atoms with Crippen molar-refractivity contribution in [3.63, 3.8) is 0 Å². The fourth-order valence-electron chi connectivity index (χ4n) is 2.94. The van der Waals surface area contributed by atoms with E-state index < -0.39 is 0 Å². The van der Waals surface area contributed by atoms with E-state index in [0.717, 1.165) is 16.9 Å². The van der Waals surface area contributed by atoms with Crippen LogP contribution in [-0.4, -0.2) is 22.5 Å². The number of alkyl halides is 1. The highest BCUT2D eigenvalue weighted by molar-refractivity contribution is 6.37. The third-order valence-corrected chi connectivity index (χ3v) is 5.59. The minimum absolute atomic E-state index is 0.199. The Hall–Kier alpha value is -1.72. The maximum Gasteiger partial charge on any atom is 0.222 e. The highest BCUT2D eigenvalue weighted by Gasteiger charge is 2.25. The summed E-state index contributed by atoms with van der Waals surface area (Å²) in [6.45, 7) is 4.85. The van der Waals surface area contributed by atoms with Crippen molar-refractivity contribution in [1.29, 1.82) is 0 Å². The van der Waals surface area contributed by atoms with Gasteiger partial charge in [0.05, 0.1) is 21.6 Å². The van der Waals surface area contributed by atoms with E-state index in [1.807, 2.05) is 36.4 Å². The molecule has 0 aliphatic carbocycles. The molecule has 2 aromatic carbocycles. The Bertz CT molecular complexity index is 987. The lowest BCUT2D eigenvalue weighted by molar-refractivity contribution is 0.301. The van der Waals surface area contributed by atoms with Crippen LogP contribution in [0.2, 0.25) is 15.3 Å². The summed E-state index contributed by atoms with van der Waals surface area (Å²) in [7, 11) is 0. The Morgan fingerprint density at radius 1 is 0.900 bits per heavy atom. The van der Waals surface area contributed by atoms with Crippen LogP contribution in [-0.2, 0) is 12.0 Å². The molecule has 4 nitrogen and oxygen atoms in total. The van der Waals surface area contributed by atoms with E-state index in [0.29, 0.717) is 40.6 Å². The summed E-state index contributed by atoms with van der Waals surface area (Å²) in [6, 6.07) is 13.4. The molecule has 158 valence electrons. The van der Waals surface area contributed by atoms with E-state index in [1.54, 1.807) is 12.3 Å². The van der Waals surface area contributed by atoms with Crippen molar-refractivity contribution in [3.05, 3.63) is 80.8 Å². The summed E-state index contributed by atoms with van der Waals surface area (Å²) < 4.78 is 11.3. The van der Waals surface area contributed by atoms with E-state index >= 15 is 0 Å². The summed E-state index contributed by atoms with van der Waals surface area (Å²) >= 11 is 24.3. The topological polar surface area (TPSA) is 44.2 Å². The van der Waals surface area contributed by atoms with Gasteiger partial charge in [-0.3, -0.25) is 0 Å². The number of halogens is 4. The molecule has 0 bridgehead atoms. The van der Waals surface area contributed by atoms with Crippen molar-refractivity contribution in [3.8, 4) is 11.5 Å². The zero-order valence-electron chi connectivity index (χ0n) is 16.5. The molecule has 3 rings (SSSR count). The van der Waals surface area contributed by atoms with Crippen LogP contribution < -0.4 is 9.47 Å². The number of ether oxygens (including phenoxy) is 2. The highest BCUT2D eigenvalue weighted by atomic mass is 35.5. The van der Waals surface area contributed by atoms with Crippen LogP contribution in [0, 0.1) is 0 Å². The standard InChI is InChI=1S/C22H20Cl4N2O2/c1-22(2,15-11-18(24)20(19(25)12-15)29-10-8-23)14-3-5-17(6-4-14)30-13-16-7-9-27-21(26)28-16/h3-7,9,11-12H,8,10,13H2,1-2H3. The Morgan fingerprint density at radius 3 is 2.17 bits per heavy atom. The number of nitrogens with zero attached hydrogens (tertiary/aromatic N) is 2. The molecule has 30 heavy (non-hydrogen) atoms. The lowest BCUT2D eigenvalue weighted by Gasteiger charge is -2.27. The number of benzene rings is 2. The first-order chi connectivity index (χ1) is 14.3.